The topological polar surface area (TPSA) is 27.7 Å². The van der Waals surface area contributed by atoms with Gasteiger partial charge in [-0.05, 0) is 5.41 Å². The summed E-state index contributed by atoms with van der Waals surface area (Å²) in [7, 11) is 1.68. The van der Waals surface area contributed by atoms with Gasteiger partial charge in [-0.2, -0.15) is 0 Å². The third-order valence-corrected chi connectivity index (χ3v) is 2.29. The van der Waals surface area contributed by atoms with Gasteiger partial charge in [-0.25, -0.2) is 0 Å². The van der Waals surface area contributed by atoms with E-state index in [-0.39, 0.29) is 11.7 Å². The summed E-state index contributed by atoms with van der Waals surface area (Å²) in [5, 5.41) is 0. The van der Waals surface area contributed by atoms with Crippen LogP contribution in [0.25, 0.3) is 0 Å². The van der Waals surface area contributed by atoms with Crippen molar-refractivity contribution in [2.24, 2.45) is 11.3 Å². The van der Waals surface area contributed by atoms with Crippen molar-refractivity contribution in [3.63, 3.8) is 0 Å². The molecule has 1 saturated heterocycles. The van der Waals surface area contributed by atoms with Gasteiger partial charge in [0.15, 0.2) is 6.29 Å². The maximum atomic E-state index is 5.32. The van der Waals surface area contributed by atoms with Crippen LogP contribution in [-0.2, 0) is 14.2 Å². The Kier molecular flexibility index (Phi) is 3.09. The fourth-order valence-corrected chi connectivity index (χ4v) is 1.38. The largest absolute Gasteiger partial charge is 0.355 e. The average molecular weight is 174 g/mol. The molecule has 1 rings (SSSR count). The van der Waals surface area contributed by atoms with Crippen molar-refractivity contribution in [3.05, 3.63) is 0 Å². The smallest absolute Gasteiger partial charge is 0.165 e. The second-order valence-corrected chi connectivity index (χ2v) is 4.23. The Bertz CT molecular complexity index is 139. The van der Waals surface area contributed by atoms with Gasteiger partial charge in [-0.3, -0.25) is 0 Å². The highest BCUT2D eigenvalue weighted by Gasteiger charge is 2.35. The van der Waals surface area contributed by atoms with Crippen LogP contribution in [0.4, 0.5) is 0 Å². The fraction of sp³-hybridized carbons (Fsp3) is 1.00. The highest BCUT2D eigenvalue weighted by atomic mass is 16.8. The molecule has 2 atom stereocenters. The van der Waals surface area contributed by atoms with Gasteiger partial charge in [0, 0.05) is 13.0 Å². The Hall–Kier alpha value is -0.120. The lowest BCUT2D eigenvalue weighted by molar-refractivity contribution is -0.272. The van der Waals surface area contributed by atoms with Gasteiger partial charge < -0.3 is 14.2 Å². The van der Waals surface area contributed by atoms with E-state index in [4.69, 9.17) is 14.2 Å². The van der Waals surface area contributed by atoms with Crippen molar-refractivity contribution in [3.8, 4) is 0 Å². The molecule has 0 saturated carbocycles. The zero-order valence-corrected chi connectivity index (χ0v) is 8.29. The molecule has 1 fully saturated rings. The molecule has 3 nitrogen and oxygen atoms in total. The summed E-state index contributed by atoms with van der Waals surface area (Å²) < 4.78 is 15.8. The molecule has 0 spiro atoms. The van der Waals surface area contributed by atoms with E-state index in [0.29, 0.717) is 12.7 Å². The Morgan fingerprint density at radius 3 is 2.42 bits per heavy atom. The molecule has 0 unspecified atom stereocenters. The van der Waals surface area contributed by atoms with Crippen molar-refractivity contribution >= 4 is 0 Å². The van der Waals surface area contributed by atoms with Gasteiger partial charge in [0.1, 0.15) is 6.79 Å². The summed E-state index contributed by atoms with van der Waals surface area (Å²) in [6.07, 6.45) is -0.112. The monoisotopic (exact) mass is 174 g/mol. The van der Waals surface area contributed by atoms with Crippen LogP contribution in [0.3, 0.4) is 0 Å². The third kappa shape index (κ3) is 2.19. The predicted molar refractivity (Wildman–Crippen MR) is 45.6 cm³/mol. The molecule has 3 heteroatoms. The normalized spacial score (nSPS) is 32.0. The molecule has 1 aliphatic heterocycles. The second kappa shape index (κ2) is 3.73. The Morgan fingerprint density at radius 2 is 2.00 bits per heavy atom. The molecule has 0 aromatic rings. The number of hydrogen-bond acceptors (Lipinski definition) is 3. The van der Waals surface area contributed by atoms with E-state index in [1.807, 2.05) is 0 Å². The van der Waals surface area contributed by atoms with Crippen LogP contribution < -0.4 is 0 Å². The van der Waals surface area contributed by atoms with Crippen molar-refractivity contribution in [2.45, 2.75) is 27.1 Å². The SMILES string of the molecule is CO[C@H]1OCOC[C@H]1C(C)(C)C. The standard InChI is InChI=1S/C9H18O3/c1-9(2,3)7-5-11-6-12-8(7)10-4/h7-8H,5-6H2,1-4H3/t7-,8+/m1/s1. The van der Waals surface area contributed by atoms with E-state index in [0.717, 1.165) is 6.61 Å². The van der Waals surface area contributed by atoms with Gasteiger partial charge in [-0.1, -0.05) is 20.8 Å². The van der Waals surface area contributed by atoms with Crippen LogP contribution in [0, 0.1) is 11.3 Å². The van der Waals surface area contributed by atoms with Crippen LogP contribution in [0.1, 0.15) is 20.8 Å². The third-order valence-electron chi connectivity index (χ3n) is 2.29. The molecule has 0 aromatic carbocycles. The van der Waals surface area contributed by atoms with Gasteiger partial charge >= 0.3 is 0 Å². The summed E-state index contributed by atoms with van der Waals surface area (Å²) in [5.74, 6) is 0.316. The van der Waals surface area contributed by atoms with E-state index in [1.165, 1.54) is 0 Å². The molecular weight excluding hydrogens is 156 g/mol. The van der Waals surface area contributed by atoms with Crippen molar-refractivity contribution in [2.75, 3.05) is 20.5 Å². The minimum atomic E-state index is -0.112. The molecule has 1 aliphatic rings. The predicted octanol–water partition coefficient (Wildman–Crippen LogP) is 1.63. The lowest BCUT2D eigenvalue weighted by atomic mass is 9.80. The van der Waals surface area contributed by atoms with Crippen LogP contribution >= 0.6 is 0 Å². The molecule has 0 bridgehead atoms. The molecule has 0 aliphatic carbocycles. The first-order chi connectivity index (χ1) is 5.55. The summed E-state index contributed by atoms with van der Waals surface area (Å²) in [6, 6.07) is 0. The lowest BCUT2D eigenvalue weighted by Gasteiger charge is -2.38. The van der Waals surface area contributed by atoms with Gasteiger partial charge in [0.05, 0.1) is 6.61 Å². The number of rotatable bonds is 1. The van der Waals surface area contributed by atoms with E-state index in [9.17, 15) is 0 Å². The first kappa shape index (κ1) is 9.96. The maximum Gasteiger partial charge on any atom is 0.165 e. The Balaban J connectivity index is 2.59. The average Bonchev–Trinajstić information content (AvgIpc) is 2.03. The molecule has 0 radical (unpaired) electrons. The molecule has 12 heavy (non-hydrogen) atoms. The van der Waals surface area contributed by atoms with Gasteiger partial charge in [0.25, 0.3) is 0 Å². The van der Waals surface area contributed by atoms with Gasteiger partial charge in [-0.15, -0.1) is 0 Å². The Labute approximate surface area is 74.0 Å². The number of hydrogen-bond donors (Lipinski definition) is 0. The molecule has 72 valence electrons. The first-order valence-electron chi connectivity index (χ1n) is 4.28. The minimum absolute atomic E-state index is 0.112. The summed E-state index contributed by atoms with van der Waals surface area (Å²) >= 11 is 0. The number of ether oxygens (including phenoxy) is 3. The maximum absolute atomic E-state index is 5.32. The lowest BCUT2D eigenvalue weighted by Crippen LogP contribution is -2.42. The highest BCUT2D eigenvalue weighted by Crippen LogP contribution is 2.32. The fourth-order valence-electron chi connectivity index (χ4n) is 1.38. The van der Waals surface area contributed by atoms with Crippen LogP contribution in [-0.4, -0.2) is 26.8 Å². The molecule has 1 heterocycles. The van der Waals surface area contributed by atoms with Gasteiger partial charge in [0.2, 0.25) is 0 Å². The zero-order valence-electron chi connectivity index (χ0n) is 8.29. The summed E-state index contributed by atoms with van der Waals surface area (Å²) in [4.78, 5) is 0. The van der Waals surface area contributed by atoms with Crippen molar-refractivity contribution < 1.29 is 14.2 Å². The van der Waals surface area contributed by atoms with Crippen LogP contribution in [0.2, 0.25) is 0 Å². The van der Waals surface area contributed by atoms with E-state index >= 15 is 0 Å². The Morgan fingerprint density at radius 1 is 1.33 bits per heavy atom. The van der Waals surface area contributed by atoms with Crippen molar-refractivity contribution in [1.82, 2.24) is 0 Å². The first-order valence-corrected chi connectivity index (χ1v) is 4.28. The minimum Gasteiger partial charge on any atom is -0.355 e. The summed E-state index contributed by atoms with van der Waals surface area (Å²) in [6.45, 7) is 7.58. The zero-order chi connectivity index (χ0) is 9.19. The molecule has 0 N–H and O–H groups in total. The number of methoxy groups -OCH3 is 1. The van der Waals surface area contributed by atoms with Crippen molar-refractivity contribution in [1.29, 1.82) is 0 Å². The van der Waals surface area contributed by atoms with Crippen LogP contribution in [0.5, 0.6) is 0 Å². The summed E-state index contributed by atoms with van der Waals surface area (Å²) in [5.41, 5.74) is 0.168. The van der Waals surface area contributed by atoms with Crippen LogP contribution in [0.15, 0.2) is 0 Å². The molecule has 0 amide bonds. The quantitative estimate of drug-likeness (QED) is 0.604. The molecule has 0 aromatic heterocycles. The van der Waals surface area contributed by atoms with E-state index < -0.39 is 0 Å². The van der Waals surface area contributed by atoms with E-state index in [1.54, 1.807) is 7.11 Å². The highest BCUT2D eigenvalue weighted by molar-refractivity contribution is 4.77. The second-order valence-electron chi connectivity index (χ2n) is 4.23. The van der Waals surface area contributed by atoms with E-state index in [2.05, 4.69) is 20.8 Å². The molecular formula is C9H18O3.